The van der Waals surface area contributed by atoms with Crippen molar-refractivity contribution in [2.24, 2.45) is 0 Å². The molecule has 0 radical (unpaired) electrons. The van der Waals surface area contributed by atoms with E-state index in [2.05, 4.69) is 17.6 Å². The fraction of sp³-hybridized carbons (Fsp3) is 0.909. The van der Waals surface area contributed by atoms with Crippen LogP contribution in [-0.2, 0) is 4.74 Å². The summed E-state index contributed by atoms with van der Waals surface area (Å²) < 4.78 is 4.92. The number of rotatable bonds is 7. The van der Waals surface area contributed by atoms with Crippen LogP contribution in [0.1, 0.15) is 40.0 Å². The molecule has 0 heterocycles. The van der Waals surface area contributed by atoms with Crippen LogP contribution in [0.25, 0.3) is 0 Å². The Morgan fingerprint density at radius 1 is 1.33 bits per heavy atom. The highest BCUT2D eigenvalue weighted by Crippen LogP contribution is 2.05. The van der Waals surface area contributed by atoms with E-state index in [0.29, 0.717) is 6.54 Å². The maximum absolute atomic E-state index is 11.4. The van der Waals surface area contributed by atoms with Gasteiger partial charge in [-0.1, -0.05) is 6.92 Å². The number of nitrogens with one attached hydrogen (secondary N) is 2. The van der Waals surface area contributed by atoms with Gasteiger partial charge in [0.25, 0.3) is 0 Å². The summed E-state index contributed by atoms with van der Waals surface area (Å²) in [5.74, 6) is 0. The molecule has 0 bridgehead atoms. The van der Waals surface area contributed by atoms with Crippen molar-refractivity contribution < 1.29 is 9.53 Å². The summed E-state index contributed by atoms with van der Waals surface area (Å²) in [6.07, 6.45) is 2.85. The highest BCUT2D eigenvalue weighted by molar-refractivity contribution is 5.74. The van der Waals surface area contributed by atoms with Gasteiger partial charge in [-0.3, -0.25) is 0 Å². The van der Waals surface area contributed by atoms with E-state index in [1.54, 1.807) is 7.11 Å². The Morgan fingerprint density at radius 3 is 2.53 bits per heavy atom. The van der Waals surface area contributed by atoms with Crippen molar-refractivity contribution in [3.8, 4) is 0 Å². The summed E-state index contributed by atoms with van der Waals surface area (Å²) in [6.45, 7) is 7.53. The number of carbonyl (C=O) groups is 1. The molecule has 0 aromatic carbocycles. The maximum Gasteiger partial charge on any atom is 0.315 e. The predicted molar refractivity (Wildman–Crippen MR) is 62.0 cm³/mol. The van der Waals surface area contributed by atoms with E-state index < -0.39 is 0 Å². The standard InChI is InChI=1S/C11H24N2O2/c1-5-11(2,3)13-10(14)12-8-6-7-9-15-4/h5-9H2,1-4H3,(H2,12,13,14). The number of methoxy groups -OCH3 is 1. The molecule has 15 heavy (non-hydrogen) atoms. The zero-order valence-electron chi connectivity index (χ0n) is 10.4. The molecule has 0 spiro atoms. The van der Waals surface area contributed by atoms with Crippen molar-refractivity contribution in [3.05, 3.63) is 0 Å². The van der Waals surface area contributed by atoms with Crippen LogP contribution in [0.15, 0.2) is 0 Å². The van der Waals surface area contributed by atoms with E-state index >= 15 is 0 Å². The van der Waals surface area contributed by atoms with Gasteiger partial charge in [0.1, 0.15) is 0 Å². The zero-order chi connectivity index (χ0) is 11.7. The molecule has 2 N–H and O–H groups in total. The lowest BCUT2D eigenvalue weighted by atomic mass is 10.0. The summed E-state index contributed by atoms with van der Waals surface area (Å²) in [7, 11) is 1.68. The van der Waals surface area contributed by atoms with Crippen LogP contribution in [0, 0.1) is 0 Å². The number of ether oxygens (including phenoxy) is 1. The normalized spacial score (nSPS) is 11.2. The second-order valence-corrected chi connectivity index (χ2v) is 4.32. The van der Waals surface area contributed by atoms with Gasteiger partial charge in [-0.05, 0) is 33.1 Å². The predicted octanol–water partition coefficient (Wildman–Crippen LogP) is 1.90. The first-order chi connectivity index (χ1) is 7.02. The Kier molecular flexibility index (Phi) is 7.13. The van der Waals surface area contributed by atoms with Crippen molar-refractivity contribution in [2.45, 2.75) is 45.6 Å². The van der Waals surface area contributed by atoms with Crippen LogP contribution in [0.2, 0.25) is 0 Å². The second-order valence-electron chi connectivity index (χ2n) is 4.32. The molecule has 0 aliphatic carbocycles. The maximum atomic E-state index is 11.4. The summed E-state index contributed by atoms with van der Waals surface area (Å²) in [5, 5.41) is 5.74. The number of hydrogen-bond donors (Lipinski definition) is 2. The van der Waals surface area contributed by atoms with Crippen LogP contribution >= 0.6 is 0 Å². The van der Waals surface area contributed by atoms with Gasteiger partial charge in [0.15, 0.2) is 0 Å². The average molecular weight is 216 g/mol. The third-order valence-electron chi connectivity index (χ3n) is 2.40. The smallest absolute Gasteiger partial charge is 0.315 e. The molecule has 0 fully saturated rings. The van der Waals surface area contributed by atoms with E-state index in [-0.39, 0.29) is 11.6 Å². The molecule has 0 saturated carbocycles. The SMILES string of the molecule is CCC(C)(C)NC(=O)NCCCCOC. The molecular weight excluding hydrogens is 192 g/mol. The molecular formula is C11H24N2O2. The average Bonchev–Trinajstić information content (AvgIpc) is 2.17. The van der Waals surface area contributed by atoms with Crippen LogP contribution in [0.5, 0.6) is 0 Å². The highest BCUT2D eigenvalue weighted by atomic mass is 16.5. The van der Waals surface area contributed by atoms with Gasteiger partial charge >= 0.3 is 6.03 Å². The van der Waals surface area contributed by atoms with E-state index in [1.807, 2.05) is 13.8 Å². The topological polar surface area (TPSA) is 50.4 Å². The molecule has 0 saturated heterocycles. The van der Waals surface area contributed by atoms with Crippen LogP contribution in [0.3, 0.4) is 0 Å². The molecule has 0 rings (SSSR count). The van der Waals surface area contributed by atoms with E-state index in [4.69, 9.17) is 4.74 Å². The first-order valence-corrected chi connectivity index (χ1v) is 5.57. The number of urea groups is 1. The number of carbonyl (C=O) groups excluding carboxylic acids is 1. The first-order valence-electron chi connectivity index (χ1n) is 5.57. The molecule has 0 aromatic rings. The molecule has 0 aliphatic rings. The summed E-state index contributed by atoms with van der Waals surface area (Å²) >= 11 is 0. The van der Waals surface area contributed by atoms with Gasteiger partial charge in [-0.15, -0.1) is 0 Å². The zero-order valence-corrected chi connectivity index (χ0v) is 10.4. The Morgan fingerprint density at radius 2 is 2.00 bits per heavy atom. The lowest BCUT2D eigenvalue weighted by molar-refractivity contribution is 0.192. The number of amides is 2. The Balaban J connectivity index is 3.49. The molecule has 0 aliphatic heterocycles. The Labute approximate surface area is 92.8 Å². The van der Waals surface area contributed by atoms with Crippen LogP contribution < -0.4 is 10.6 Å². The van der Waals surface area contributed by atoms with E-state index in [0.717, 1.165) is 25.9 Å². The second kappa shape index (κ2) is 7.51. The third-order valence-corrected chi connectivity index (χ3v) is 2.40. The molecule has 90 valence electrons. The molecule has 0 aromatic heterocycles. The number of unbranched alkanes of at least 4 members (excludes halogenated alkanes) is 1. The molecule has 4 heteroatoms. The van der Waals surface area contributed by atoms with Gasteiger partial charge in [0.05, 0.1) is 0 Å². The minimum atomic E-state index is -0.128. The lowest BCUT2D eigenvalue weighted by Gasteiger charge is -2.24. The van der Waals surface area contributed by atoms with Crippen LogP contribution in [0.4, 0.5) is 4.79 Å². The molecule has 0 unspecified atom stereocenters. The molecule has 0 atom stereocenters. The minimum absolute atomic E-state index is 0.0840. The quantitative estimate of drug-likeness (QED) is 0.639. The number of hydrogen-bond acceptors (Lipinski definition) is 2. The summed E-state index contributed by atoms with van der Waals surface area (Å²) in [6, 6.07) is -0.0840. The van der Waals surface area contributed by atoms with Crippen molar-refractivity contribution in [3.63, 3.8) is 0 Å². The Hall–Kier alpha value is -0.770. The van der Waals surface area contributed by atoms with Crippen molar-refractivity contribution in [1.82, 2.24) is 10.6 Å². The van der Waals surface area contributed by atoms with Gasteiger partial charge < -0.3 is 15.4 Å². The lowest BCUT2D eigenvalue weighted by Crippen LogP contribution is -2.48. The van der Waals surface area contributed by atoms with E-state index in [9.17, 15) is 4.79 Å². The van der Waals surface area contributed by atoms with Crippen molar-refractivity contribution in [1.29, 1.82) is 0 Å². The third kappa shape index (κ3) is 8.24. The van der Waals surface area contributed by atoms with Gasteiger partial charge in [-0.25, -0.2) is 4.79 Å². The van der Waals surface area contributed by atoms with Crippen molar-refractivity contribution in [2.75, 3.05) is 20.3 Å². The van der Waals surface area contributed by atoms with Crippen LogP contribution in [-0.4, -0.2) is 31.8 Å². The highest BCUT2D eigenvalue weighted by Gasteiger charge is 2.16. The minimum Gasteiger partial charge on any atom is -0.385 e. The summed E-state index contributed by atoms with van der Waals surface area (Å²) in [4.78, 5) is 11.4. The summed E-state index contributed by atoms with van der Waals surface area (Å²) in [5.41, 5.74) is -0.128. The van der Waals surface area contributed by atoms with E-state index in [1.165, 1.54) is 0 Å². The van der Waals surface area contributed by atoms with Gasteiger partial charge in [0.2, 0.25) is 0 Å². The Bertz CT molecular complexity index is 181. The van der Waals surface area contributed by atoms with Gasteiger partial charge in [-0.2, -0.15) is 0 Å². The largest absolute Gasteiger partial charge is 0.385 e. The fourth-order valence-electron chi connectivity index (χ4n) is 1.01. The molecule has 2 amide bonds. The first kappa shape index (κ1) is 14.2. The van der Waals surface area contributed by atoms with Gasteiger partial charge in [0, 0.05) is 25.8 Å². The molecule has 4 nitrogen and oxygen atoms in total. The fourth-order valence-corrected chi connectivity index (χ4v) is 1.01. The monoisotopic (exact) mass is 216 g/mol. The van der Waals surface area contributed by atoms with Crippen molar-refractivity contribution >= 4 is 6.03 Å².